The van der Waals surface area contributed by atoms with Crippen LogP contribution in [0.3, 0.4) is 0 Å². The summed E-state index contributed by atoms with van der Waals surface area (Å²) in [5.41, 5.74) is 3.15. The van der Waals surface area contributed by atoms with E-state index in [-0.39, 0.29) is 17.2 Å². The summed E-state index contributed by atoms with van der Waals surface area (Å²) in [6.45, 7) is 10.1. The molecule has 2 aromatic rings. The van der Waals surface area contributed by atoms with Gasteiger partial charge in [0, 0.05) is 31.5 Å². The number of non-ortho nitro benzene ring substituents is 1. The van der Waals surface area contributed by atoms with Gasteiger partial charge in [-0.3, -0.25) is 15.1 Å². The Balaban J connectivity index is 0.000000784. The van der Waals surface area contributed by atoms with Crippen LogP contribution in [0.4, 0.5) is 5.69 Å². The van der Waals surface area contributed by atoms with Gasteiger partial charge >= 0.3 is 0 Å². The predicted molar refractivity (Wildman–Crippen MR) is 141 cm³/mol. The Morgan fingerprint density at radius 1 is 1.34 bits per heavy atom. The van der Waals surface area contributed by atoms with E-state index in [1.54, 1.807) is 51.4 Å². The van der Waals surface area contributed by atoms with Crippen molar-refractivity contribution in [3.05, 3.63) is 81.1 Å². The van der Waals surface area contributed by atoms with Crippen LogP contribution >= 0.6 is 11.8 Å². The zero-order valence-corrected chi connectivity index (χ0v) is 21.7. The first-order valence-electron chi connectivity index (χ1n) is 11.2. The van der Waals surface area contributed by atoms with Gasteiger partial charge in [-0.15, -0.1) is 11.8 Å². The van der Waals surface area contributed by atoms with Gasteiger partial charge in [-0.05, 0) is 31.9 Å². The van der Waals surface area contributed by atoms with E-state index in [4.69, 9.17) is 4.74 Å². The Labute approximate surface area is 210 Å². The van der Waals surface area contributed by atoms with Crippen LogP contribution in [0.15, 0.2) is 64.6 Å². The molecule has 3 rings (SSSR count). The predicted octanol–water partition coefficient (Wildman–Crippen LogP) is 4.03. The number of nitro groups is 1. The summed E-state index contributed by atoms with van der Waals surface area (Å²) >= 11 is 1.62. The lowest BCUT2D eigenvalue weighted by atomic mass is 10.1. The average Bonchev–Trinajstić information content (AvgIpc) is 3.10. The maximum Gasteiger partial charge on any atom is 0.269 e. The highest BCUT2D eigenvalue weighted by Gasteiger charge is 2.11. The molecule has 2 atom stereocenters. The molecule has 1 aromatic heterocycles. The number of methoxy groups -OCH3 is 2. The minimum Gasteiger partial charge on any atom is -0.502 e. The maximum absolute atomic E-state index is 10.8. The molecule has 0 radical (unpaired) electrons. The van der Waals surface area contributed by atoms with Crippen LogP contribution in [-0.2, 0) is 21.8 Å². The highest BCUT2D eigenvalue weighted by Crippen LogP contribution is 2.22. The molecule has 1 aliphatic heterocycles. The van der Waals surface area contributed by atoms with Crippen LogP contribution in [0.5, 0.6) is 0 Å². The molecule has 1 aromatic carbocycles. The van der Waals surface area contributed by atoms with Gasteiger partial charge in [-0.1, -0.05) is 37.3 Å². The van der Waals surface area contributed by atoms with Crippen molar-refractivity contribution in [2.45, 2.75) is 51.0 Å². The zero-order chi connectivity index (χ0) is 25.8. The van der Waals surface area contributed by atoms with Crippen molar-refractivity contribution >= 4 is 29.9 Å². The van der Waals surface area contributed by atoms with Crippen molar-refractivity contribution < 1.29 is 14.4 Å². The van der Waals surface area contributed by atoms with E-state index in [1.807, 2.05) is 23.9 Å². The second-order valence-electron chi connectivity index (χ2n) is 7.79. The van der Waals surface area contributed by atoms with Crippen LogP contribution in [0.1, 0.15) is 32.8 Å². The van der Waals surface area contributed by atoms with Crippen LogP contribution in [0.25, 0.3) is 6.08 Å². The highest BCUT2D eigenvalue weighted by molar-refractivity contribution is 7.99. The second-order valence-corrected chi connectivity index (χ2v) is 8.90. The summed E-state index contributed by atoms with van der Waals surface area (Å²) in [4.78, 5) is 23.9. The fraction of sp³-hybridized carbons (Fsp3) is 0.400. The lowest BCUT2D eigenvalue weighted by Gasteiger charge is -2.09. The molecule has 0 spiro atoms. The minimum atomic E-state index is -0.394. The number of ether oxygens (including phenoxy) is 2. The lowest BCUT2D eigenvalue weighted by Crippen LogP contribution is -2.31. The molecule has 1 aliphatic rings. The molecule has 10 heteroatoms. The average molecular weight is 500 g/mol. The number of benzene rings is 1. The van der Waals surface area contributed by atoms with E-state index in [0.29, 0.717) is 12.3 Å². The van der Waals surface area contributed by atoms with Gasteiger partial charge in [-0.2, -0.15) is 0 Å². The van der Waals surface area contributed by atoms with Crippen molar-refractivity contribution in [2.24, 2.45) is 9.98 Å². The van der Waals surface area contributed by atoms with Gasteiger partial charge < -0.3 is 14.0 Å². The molecule has 9 nitrogen and oxygen atoms in total. The maximum atomic E-state index is 10.8. The number of nitrogens with zero attached hydrogens (tertiary/aromatic N) is 5. The number of rotatable bonds is 10. The molecule has 0 saturated carbocycles. The number of hydrogen-bond acceptors (Lipinski definition) is 8. The molecule has 2 unspecified atom stereocenters. The molecular weight excluding hydrogens is 466 g/mol. The Hall–Kier alpha value is -3.24. The number of fused-ring (bicyclic) bond motifs is 1. The van der Waals surface area contributed by atoms with Crippen molar-refractivity contribution in [1.29, 1.82) is 0 Å². The summed E-state index contributed by atoms with van der Waals surface area (Å²) in [7, 11) is 3.30. The van der Waals surface area contributed by atoms with Crippen molar-refractivity contribution in [2.75, 3.05) is 14.2 Å². The molecule has 0 amide bonds. The molecule has 2 heterocycles. The van der Waals surface area contributed by atoms with Gasteiger partial charge in [0.15, 0.2) is 5.49 Å². The monoisotopic (exact) mass is 499 g/mol. The van der Waals surface area contributed by atoms with Crippen LogP contribution in [0.2, 0.25) is 0 Å². The van der Waals surface area contributed by atoms with Crippen LogP contribution in [0, 0.1) is 10.1 Å². The van der Waals surface area contributed by atoms with Gasteiger partial charge in [0.1, 0.15) is 17.1 Å². The van der Waals surface area contributed by atoms with Gasteiger partial charge in [0.2, 0.25) is 0 Å². The number of nitro benzene ring substituents is 1. The number of thioether (sulfide) groups is 1. The molecular formula is C25H33N5O4S. The SMILES string of the molecule is C=C(C)OC.CC/C(=C\C(C)OC)Cn1cnc2c1=NC=NC(SCc1ccc([N+](=O)[O-])cc1)C=2. The summed E-state index contributed by atoms with van der Waals surface area (Å²) in [6, 6.07) is 6.59. The van der Waals surface area contributed by atoms with Crippen LogP contribution in [-0.4, -0.2) is 46.5 Å². The summed E-state index contributed by atoms with van der Waals surface area (Å²) in [5.74, 6) is 1.44. The standard InChI is InChI=1S/C21H25N5O3S.C4H8O/c1-4-16(9-15(2)29-3)11-25-14-24-19-10-20(22-13-23-21(19)25)30-12-17-5-7-18(8-6-17)26(27)28;1-4(2)5-3/h5-10,13-15,20H,4,11-12H2,1-3H3;1H2,2-3H3/b16-9+;. The van der Waals surface area contributed by atoms with Gasteiger partial charge in [0.05, 0.1) is 30.2 Å². The number of allylic oxidation sites excluding steroid dienone is 2. The molecule has 0 saturated heterocycles. The third kappa shape index (κ3) is 9.14. The topological polar surface area (TPSA) is 104 Å². The van der Waals surface area contributed by atoms with E-state index in [2.05, 4.69) is 39.3 Å². The largest absolute Gasteiger partial charge is 0.502 e. The molecule has 0 aliphatic carbocycles. The summed E-state index contributed by atoms with van der Waals surface area (Å²) < 4.78 is 11.9. The molecule has 0 fully saturated rings. The second kappa shape index (κ2) is 14.2. The smallest absolute Gasteiger partial charge is 0.269 e. The normalized spacial score (nSPS) is 15.5. The third-order valence-electron chi connectivity index (χ3n) is 5.12. The number of aliphatic imine (C=N–C) groups is 1. The fourth-order valence-corrected chi connectivity index (χ4v) is 3.91. The zero-order valence-electron chi connectivity index (χ0n) is 20.9. The Morgan fingerprint density at radius 2 is 2.03 bits per heavy atom. The third-order valence-corrected chi connectivity index (χ3v) is 6.22. The van der Waals surface area contributed by atoms with Crippen molar-refractivity contribution in [3.63, 3.8) is 0 Å². The first kappa shape index (κ1) is 28.0. The molecule has 188 valence electrons. The van der Waals surface area contributed by atoms with E-state index in [9.17, 15) is 10.1 Å². The van der Waals surface area contributed by atoms with E-state index in [1.165, 1.54) is 17.7 Å². The molecule has 35 heavy (non-hydrogen) atoms. The number of hydrogen-bond donors (Lipinski definition) is 0. The van der Waals surface area contributed by atoms with E-state index < -0.39 is 4.92 Å². The number of aromatic nitrogens is 2. The quantitative estimate of drug-likeness (QED) is 0.212. The summed E-state index contributed by atoms with van der Waals surface area (Å²) in [5, 5.41) is 11.5. The molecule has 0 bridgehead atoms. The molecule has 0 N–H and O–H groups in total. The fourth-order valence-electron chi connectivity index (χ4n) is 2.98. The minimum absolute atomic E-state index is 0.0624. The van der Waals surface area contributed by atoms with E-state index in [0.717, 1.165) is 28.6 Å². The van der Waals surface area contributed by atoms with Crippen molar-refractivity contribution in [1.82, 2.24) is 9.55 Å². The summed E-state index contributed by atoms with van der Waals surface area (Å²) in [6.07, 6.45) is 8.51. The van der Waals surface area contributed by atoms with Crippen LogP contribution < -0.4 is 10.8 Å². The number of imidazole rings is 1. The Kier molecular flexibility index (Phi) is 11.4. The van der Waals surface area contributed by atoms with Gasteiger partial charge in [0.25, 0.3) is 5.69 Å². The lowest BCUT2D eigenvalue weighted by molar-refractivity contribution is -0.384. The first-order valence-corrected chi connectivity index (χ1v) is 12.2. The Bertz CT molecular complexity index is 1170. The van der Waals surface area contributed by atoms with Gasteiger partial charge in [-0.25, -0.2) is 9.98 Å². The highest BCUT2D eigenvalue weighted by atomic mass is 32.2. The Morgan fingerprint density at radius 3 is 2.60 bits per heavy atom. The van der Waals surface area contributed by atoms with Crippen molar-refractivity contribution in [3.8, 4) is 0 Å². The van der Waals surface area contributed by atoms with E-state index >= 15 is 0 Å². The first-order chi connectivity index (χ1) is 16.8.